The normalized spacial score (nSPS) is 10.4. The molecule has 1 aromatic heterocycles. The minimum absolute atomic E-state index is 0.0325. The number of nitriles is 1. The minimum Gasteiger partial charge on any atom is -0.392 e. The van der Waals surface area contributed by atoms with Crippen molar-refractivity contribution < 1.29 is 5.11 Å². The quantitative estimate of drug-likeness (QED) is 0.774. The first-order valence-electron chi connectivity index (χ1n) is 4.29. The Morgan fingerprint density at radius 3 is 2.93 bits per heavy atom. The molecule has 0 aliphatic heterocycles. The van der Waals surface area contributed by atoms with Crippen molar-refractivity contribution in [3.05, 3.63) is 34.2 Å². The molecule has 0 saturated carbocycles. The van der Waals surface area contributed by atoms with Crippen molar-refractivity contribution in [2.24, 2.45) is 0 Å². The molecule has 2 rings (SSSR count). The number of nitrogens with zero attached hydrogens (tertiary/aromatic N) is 1. The summed E-state index contributed by atoms with van der Waals surface area (Å²) in [5.41, 5.74) is 2.00. The van der Waals surface area contributed by atoms with E-state index in [1.807, 2.05) is 25.1 Å². The molecule has 2 aromatic rings. The average molecular weight is 203 g/mol. The van der Waals surface area contributed by atoms with Crippen LogP contribution < -0.4 is 0 Å². The van der Waals surface area contributed by atoms with Crippen LogP contribution >= 0.6 is 11.3 Å². The van der Waals surface area contributed by atoms with Crippen LogP contribution in [0.15, 0.2) is 18.2 Å². The van der Waals surface area contributed by atoms with Gasteiger partial charge in [-0.3, -0.25) is 0 Å². The zero-order valence-electron chi connectivity index (χ0n) is 7.74. The predicted octanol–water partition coefficient (Wildman–Crippen LogP) is 2.57. The summed E-state index contributed by atoms with van der Waals surface area (Å²) in [6.07, 6.45) is 0. The Labute approximate surface area is 86.0 Å². The monoisotopic (exact) mass is 203 g/mol. The zero-order chi connectivity index (χ0) is 10.1. The first-order chi connectivity index (χ1) is 6.76. The second-order valence-electron chi connectivity index (χ2n) is 3.15. The number of aryl methyl sites for hydroxylation is 1. The highest BCUT2D eigenvalue weighted by atomic mass is 32.1. The molecule has 0 amide bonds. The molecule has 0 atom stereocenters. The molecule has 0 bridgehead atoms. The molecular formula is C11H9NOS. The smallest absolute Gasteiger partial charge is 0.110 e. The van der Waals surface area contributed by atoms with Crippen molar-refractivity contribution in [2.45, 2.75) is 13.5 Å². The van der Waals surface area contributed by atoms with E-state index >= 15 is 0 Å². The van der Waals surface area contributed by atoms with Gasteiger partial charge in [0.1, 0.15) is 10.9 Å². The maximum absolute atomic E-state index is 9.22. The van der Waals surface area contributed by atoms with Gasteiger partial charge in [-0.1, -0.05) is 6.07 Å². The van der Waals surface area contributed by atoms with E-state index in [9.17, 15) is 5.11 Å². The number of benzene rings is 1. The van der Waals surface area contributed by atoms with Crippen molar-refractivity contribution in [2.75, 3.05) is 0 Å². The highest BCUT2D eigenvalue weighted by molar-refractivity contribution is 7.19. The largest absolute Gasteiger partial charge is 0.392 e. The number of aliphatic hydroxyl groups is 1. The molecule has 1 aromatic carbocycles. The van der Waals surface area contributed by atoms with Crippen molar-refractivity contribution in [3.63, 3.8) is 0 Å². The molecule has 0 saturated heterocycles. The molecule has 0 aliphatic rings. The van der Waals surface area contributed by atoms with Crippen LogP contribution in [-0.4, -0.2) is 5.11 Å². The minimum atomic E-state index is 0.0325. The van der Waals surface area contributed by atoms with Crippen LogP contribution in [0.1, 0.15) is 16.0 Å². The Bertz CT molecular complexity index is 522. The highest BCUT2D eigenvalue weighted by Crippen LogP contribution is 2.29. The lowest BCUT2D eigenvalue weighted by atomic mass is 10.1. The van der Waals surface area contributed by atoms with Gasteiger partial charge in [0.2, 0.25) is 0 Å². The van der Waals surface area contributed by atoms with Crippen LogP contribution in [-0.2, 0) is 6.61 Å². The maximum Gasteiger partial charge on any atom is 0.110 e. The fourth-order valence-corrected chi connectivity index (χ4v) is 2.43. The van der Waals surface area contributed by atoms with Gasteiger partial charge in [0, 0.05) is 4.70 Å². The van der Waals surface area contributed by atoms with E-state index in [1.54, 1.807) is 0 Å². The molecule has 0 unspecified atom stereocenters. The van der Waals surface area contributed by atoms with Crippen LogP contribution in [0.25, 0.3) is 10.1 Å². The van der Waals surface area contributed by atoms with Crippen LogP contribution in [0, 0.1) is 18.3 Å². The van der Waals surface area contributed by atoms with E-state index in [-0.39, 0.29) is 6.61 Å². The standard InChI is InChI=1S/C11H9NOS/c1-7-2-3-11-9(10(7)6-13)4-8(5-12)14-11/h2-4,13H,6H2,1H3. The van der Waals surface area contributed by atoms with Crippen LogP contribution in [0.2, 0.25) is 0 Å². The predicted molar refractivity (Wildman–Crippen MR) is 57.2 cm³/mol. The van der Waals surface area contributed by atoms with Gasteiger partial charge in [-0.2, -0.15) is 5.26 Å². The summed E-state index contributed by atoms with van der Waals surface area (Å²) >= 11 is 1.46. The van der Waals surface area contributed by atoms with Crippen molar-refractivity contribution in [1.29, 1.82) is 5.26 Å². The Morgan fingerprint density at radius 1 is 1.50 bits per heavy atom. The van der Waals surface area contributed by atoms with E-state index in [0.717, 1.165) is 21.2 Å². The van der Waals surface area contributed by atoms with E-state index in [2.05, 4.69) is 6.07 Å². The fourth-order valence-electron chi connectivity index (χ4n) is 1.54. The molecule has 0 spiro atoms. The number of hydrogen-bond acceptors (Lipinski definition) is 3. The van der Waals surface area contributed by atoms with Crippen molar-refractivity contribution in [1.82, 2.24) is 0 Å². The van der Waals surface area contributed by atoms with Gasteiger partial charge in [-0.05, 0) is 35.6 Å². The maximum atomic E-state index is 9.22. The summed E-state index contributed by atoms with van der Waals surface area (Å²) in [4.78, 5) is 0.695. The molecular weight excluding hydrogens is 194 g/mol. The van der Waals surface area contributed by atoms with Crippen LogP contribution in [0.5, 0.6) is 0 Å². The van der Waals surface area contributed by atoms with E-state index < -0.39 is 0 Å². The van der Waals surface area contributed by atoms with Gasteiger partial charge in [0.05, 0.1) is 6.61 Å². The summed E-state index contributed by atoms with van der Waals surface area (Å²) in [6.45, 7) is 2.00. The third-order valence-corrected chi connectivity index (χ3v) is 3.32. The van der Waals surface area contributed by atoms with Gasteiger partial charge in [0.25, 0.3) is 0 Å². The molecule has 2 nitrogen and oxygen atoms in total. The lowest BCUT2D eigenvalue weighted by Gasteiger charge is -2.02. The molecule has 70 valence electrons. The van der Waals surface area contributed by atoms with Crippen molar-refractivity contribution >= 4 is 21.4 Å². The molecule has 0 fully saturated rings. The summed E-state index contributed by atoms with van der Waals surface area (Å²) in [5.74, 6) is 0. The van der Waals surface area contributed by atoms with E-state index in [0.29, 0.717) is 4.88 Å². The molecule has 3 heteroatoms. The lowest BCUT2D eigenvalue weighted by molar-refractivity contribution is 0.282. The van der Waals surface area contributed by atoms with Gasteiger partial charge in [0.15, 0.2) is 0 Å². The average Bonchev–Trinajstić information content (AvgIpc) is 2.60. The SMILES string of the molecule is Cc1ccc2sc(C#N)cc2c1CO. The fraction of sp³-hybridized carbons (Fsp3) is 0.182. The second-order valence-corrected chi connectivity index (χ2v) is 4.24. The summed E-state index contributed by atoms with van der Waals surface area (Å²) in [5, 5.41) is 19.0. The summed E-state index contributed by atoms with van der Waals surface area (Å²) < 4.78 is 1.07. The topological polar surface area (TPSA) is 44.0 Å². The van der Waals surface area contributed by atoms with Gasteiger partial charge >= 0.3 is 0 Å². The number of aliphatic hydroxyl groups excluding tert-OH is 1. The Balaban J connectivity index is 2.81. The Morgan fingerprint density at radius 2 is 2.29 bits per heavy atom. The van der Waals surface area contributed by atoms with E-state index in [1.165, 1.54) is 11.3 Å². The summed E-state index contributed by atoms with van der Waals surface area (Å²) in [6, 6.07) is 7.94. The molecule has 0 radical (unpaired) electrons. The number of fused-ring (bicyclic) bond motifs is 1. The molecule has 0 aliphatic carbocycles. The first kappa shape index (κ1) is 9.20. The first-order valence-corrected chi connectivity index (χ1v) is 5.11. The number of hydrogen-bond donors (Lipinski definition) is 1. The highest BCUT2D eigenvalue weighted by Gasteiger charge is 2.07. The van der Waals surface area contributed by atoms with Gasteiger partial charge < -0.3 is 5.11 Å². The van der Waals surface area contributed by atoms with Crippen molar-refractivity contribution in [3.8, 4) is 6.07 Å². The third-order valence-electron chi connectivity index (χ3n) is 2.31. The number of rotatable bonds is 1. The van der Waals surface area contributed by atoms with E-state index in [4.69, 9.17) is 5.26 Å². The molecule has 14 heavy (non-hydrogen) atoms. The Hall–Kier alpha value is -1.37. The second kappa shape index (κ2) is 3.41. The van der Waals surface area contributed by atoms with Crippen LogP contribution in [0.3, 0.4) is 0 Å². The van der Waals surface area contributed by atoms with Crippen LogP contribution in [0.4, 0.5) is 0 Å². The summed E-state index contributed by atoms with van der Waals surface area (Å²) in [7, 11) is 0. The Kier molecular flexibility index (Phi) is 2.24. The lowest BCUT2D eigenvalue weighted by Crippen LogP contribution is -1.87. The zero-order valence-corrected chi connectivity index (χ0v) is 8.56. The third kappa shape index (κ3) is 1.29. The molecule has 1 heterocycles. The molecule has 1 N–H and O–H groups in total. The van der Waals surface area contributed by atoms with Gasteiger partial charge in [-0.15, -0.1) is 11.3 Å². The van der Waals surface area contributed by atoms with Gasteiger partial charge in [-0.25, -0.2) is 0 Å². The number of thiophene rings is 1.